The fourth-order valence-electron chi connectivity index (χ4n) is 4.78. The lowest BCUT2D eigenvalue weighted by Crippen LogP contribution is -2.57. The lowest BCUT2D eigenvalue weighted by atomic mass is 9.84. The van der Waals surface area contributed by atoms with Gasteiger partial charge in [0.05, 0.1) is 10.9 Å². The Bertz CT molecular complexity index is 1120. The minimum Gasteiger partial charge on any atom is -0.347 e. The van der Waals surface area contributed by atoms with Crippen LogP contribution < -0.4 is 16.0 Å². The molecule has 6 rings (SSSR count). The normalized spacial score (nSPS) is 23.0. The summed E-state index contributed by atoms with van der Waals surface area (Å²) in [6.07, 6.45) is 2.36. The zero-order valence-electron chi connectivity index (χ0n) is 18.1. The standard InChI is InChI=1S/C25H28N4O2S/c1-16(17-5-3-2-4-6-17)26-25(31)27-20-8-7-19-13-23(32-22(19)14-20)24(30)28-21-15-29-11-9-18(21)10-12-29/h2-8,13-14,16,18,21H,9-12,15H2,1H3,(H,28,30)(H2,26,27,31). The van der Waals surface area contributed by atoms with Gasteiger partial charge in [-0.2, -0.15) is 0 Å². The molecule has 3 aromatic rings. The van der Waals surface area contributed by atoms with Gasteiger partial charge in [0, 0.05) is 23.0 Å². The summed E-state index contributed by atoms with van der Waals surface area (Å²) in [5.74, 6) is 0.611. The number of anilines is 1. The molecule has 3 N–H and O–H groups in total. The molecule has 1 aromatic heterocycles. The Hall–Kier alpha value is -2.90. The lowest BCUT2D eigenvalue weighted by Gasteiger charge is -2.44. The van der Waals surface area contributed by atoms with Gasteiger partial charge < -0.3 is 20.9 Å². The van der Waals surface area contributed by atoms with E-state index in [0.29, 0.717) is 11.6 Å². The number of carbonyl (C=O) groups is 2. The summed E-state index contributed by atoms with van der Waals surface area (Å²) in [6.45, 7) is 5.24. The van der Waals surface area contributed by atoms with Crippen LogP contribution in [0.5, 0.6) is 0 Å². The Labute approximate surface area is 192 Å². The first-order chi connectivity index (χ1) is 15.5. The third-order valence-corrected chi connectivity index (χ3v) is 7.72. The highest BCUT2D eigenvalue weighted by atomic mass is 32.1. The molecule has 2 atom stereocenters. The topological polar surface area (TPSA) is 73.5 Å². The zero-order chi connectivity index (χ0) is 22.1. The first kappa shape index (κ1) is 21.0. The quantitative estimate of drug-likeness (QED) is 0.534. The second-order valence-corrected chi connectivity index (χ2v) is 9.90. The monoisotopic (exact) mass is 448 g/mol. The number of hydrogen-bond donors (Lipinski definition) is 3. The molecule has 3 fully saturated rings. The van der Waals surface area contributed by atoms with Crippen molar-refractivity contribution in [3.63, 3.8) is 0 Å². The molecule has 3 aliphatic heterocycles. The molecule has 0 saturated carbocycles. The molecule has 166 valence electrons. The SMILES string of the molecule is CC(NC(=O)Nc1ccc2cc(C(=O)NC3CN4CCC3CC4)sc2c1)c1ccccc1. The summed E-state index contributed by atoms with van der Waals surface area (Å²) in [5, 5.41) is 10.1. The number of urea groups is 1. The van der Waals surface area contributed by atoms with Crippen molar-refractivity contribution in [1.82, 2.24) is 15.5 Å². The van der Waals surface area contributed by atoms with Crippen LogP contribution in [-0.4, -0.2) is 42.5 Å². The minimum atomic E-state index is -0.252. The molecule has 2 unspecified atom stereocenters. The lowest BCUT2D eigenvalue weighted by molar-refractivity contribution is 0.0622. The van der Waals surface area contributed by atoms with Crippen molar-refractivity contribution in [2.75, 3.05) is 25.0 Å². The van der Waals surface area contributed by atoms with Gasteiger partial charge in [0.2, 0.25) is 0 Å². The Kier molecular flexibility index (Phi) is 5.85. The molecule has 3 saturated heterocycles. The maximum Gasteiger partial charge on any atom is 0.319 e. The number of thiophene rings is 1. The molecule has 0 spiro atoms. The van der Waals surface area contributed by atoms with E-state index in [1.54, 1.807) is 0 Å². The van der Waals surface area contributed by atoms with E-state index in [1.807, 2.05) is 61.5 Å². The first-order valence-electron chi connectivity index (χ1n) is 11.2. The average Bonchev–Trinajstić information content (AvgIpc) is 3.24. The van der Waals surface area contributed by atoms with Gasteiger partial charge in [0.1, 0.15) is 0 Å². The van der Waals surface area contributed by atoms with Crippen molar-refractivity contribution in [1.29, 1.82) is 0 Å². The van der Waals surface area contributed by atoms with Crippen LogP contribution >= 0.6 is 11.3 Å². The van der Waals surface area contributed by atoms with Gasteiger partial charge in [0.25, 0.3) is 5.91 Å². The highest BCUT2D eigenvalue weighted by molar-refractivity contribution is 7.20. The van der Waals surface area contributed by atoms with Crippen molar-refractivity contribution < 1.29 is 9.59 Å². The van der Waals surface area contributed by atoms with Gasteiger partial charge in [0.15, 0.2) is 0 Å². The minimum absolute atomic E-state index is 0.00823. The van der Waals surface area contributed by atoms with Crippen molar-refractivity contribution in [3.05, 3.63) is 65.0 Å². The van der Waals surface area contributed by atoms with Gasteiger partial charge in [-0.15, -0.1) is 11.3 Å². The van der Waals surface area contributed by atoms with Crippen LogP contribution in [0.4, 0.5) is 10.5 Å². The first-order valence-corrected chi connectivity index (χ1v) is 12.1. The maximum atomic E-state index is 12.9. The molecule has 3 amide bonds. The number of rotatable bonds is 5. The van der Waals surface area contributed by atoms with Crippen LogP contribution in [0, 0.1) is 5.92 Å². The van der Waals surface area contributed by atoms with Crippen LogP contribution in [0.1, 0.15) is 41.0 Å². The van der Waals surface area contributed by atoms with Crippen LogP contribution in [0.2, 0.25) is 0 Å². The summed E-state index contributed by atoms with van der Waals surface area (Å²) in [5.41, 5.74) is 1.76. The fourth-order valence-corrected chi connectivity index (χ4v) is 5.78. The van der Waals surface area contributed by atoms with E-state index < -0.39 is 0 Å². The second kappa shape index (κ2) is 8.92. The molecule has 6 nitrogen and oxygen atoms in total. The van der Waals surface area contributed by atoms with Crippen LogP contribution in [-0.2, 0) is 0 Å². The van der Waals surface area contributed by atoms with E-state index in [2.05, 4.69) is 20.9 Å². The molecule has 2 bridgehead atoms. The Morgan fingerprint density at radius 1 is 1.06 bits per heavy atom. The molecule has 2 aromatic carbocycles. The number of benzene rings is 2. The van der Waals surface area contributed by atoms with Crippen molar-refractivity contribution in [3.8, 4) is 0 Å². The zero-order valence-corrected chi connectivity index (χ0v) is 19.0. The predicted molar refractivity (Wildman–Crippen MR) is 129 cm³/mol. The highest BCUT2D eigenvalue weighted by Crippen LogP contribution is 2.30. The van der Waals surface area contributed by atoms with Crippen LogP contribution in [0.25, 0.3) is 10.1 Å². The van der Waals surface area contributed by atoms with Gasteiger partial charge in [-0.05, 0) is 67.9 Å². The highest BCUT2D eigenvalue weighted by Gasteiger charge is 2.35. The van der Waals surface area contributed by atoms with Crippen LogP contribution in [0.3, 0.4) is 0 Å². The van der Waals surface area contributed by atoms with E-state index in [1.165, 1.54) is 24.2 Å². The van der Waals surface area contributed by atoms with Crippen molar-refractivity contribution in [2.45, 2.75) is 31.8 Å². The van der Waals surface area contributed by atoms with E-state index in [9.17, 15) is 9.59 Å². The molecule has 7 heteroatoms. The third-order valence-electron chi connectivity index (χ3n) is 6.62. The smallest absolute Gasteiger partial charge is 0.319 e. The van der Waals surface area contributed by atoms with E-state index >= 15 is 0 Å². The Morgan fingerprint density at radius 2 is 1.84 bits per heavy atom. The summed E-state index contributed by atoms with van der Waals surface area (Å²) < 4.78 is 0.984. The Morgan fingerprint density at radius 3 is 2.56 bits per heavy atom. The fraction of sp³-hybridized carbons (Fsp3) is 0.360. The predicted octanol–water partition coefficient (Wildman–Crippen LogP) is 4.61. The number of hydrogen-bond acceptors (Lipinski definition) is 4. The summed E-state index contributed by atoms with van der Waals surface area (Å²) in [6, 6.07) is 17.5. The van der Waals surface area contributed by atoms with Crippen molar-refractivity contribution in [2.24, 2.45) is 5.92 Å². The summed E-state index contributed by atoms with van der Waals surface area (Å²) in [7, 11) is 0. The second-order valence-electron chi connectivity index (χ2n) is 8.81. The molecule has 32 heavy (non-hydrogen) atoms. The molecular weight excluding hydrogens is 420 g/mol. The number of nitrogens with zero attached hydrogens (tertiary/aromatic N) is 1. The number of nitrogens with one attached hydrogen (secondary N) is 3. The molecule has 0 aliphatic carbocycles. The van der Waals surface area contributed by atoms with Gasteiger partial charge in [-0.1, -0.05) is 36.4 Å². The third kappa shape index (κ3) is 4.49. The molecule has 4 heterocycles. The van der Waals surface area contributed by atoms with E-state index in [0.717, 1.165) is 40.2 Å². The number of piperidine rings is 3. The molecular formula is C25H28N4O2S. The van der Waals surface area contributed by atoms with Gasteiger partial charge >= 0.3 is 6.03 Å². The number of carbonyl (C=O) groups excluding carboxylic acids is 2. The Balaban J connectivity index is 1.23. The van der Waals surface area contributed by atoms with Crippen LogP contribution in [0.15, 0.2) is 54.6 Å². The van der Waals surface area contributed by atoms with Gasteiger partial charge in [-0.3, -0.25) is 4.79 Å². The number of amides is 3. The molecule has 3 aliphatic rings. The van der Waals surface area contributed by atoms with Crippen molar-refractivity contribution >= 4 is 39.0 Å². The average molecular weight is 449 g/mol. The summed E-state index contributed by atoms with van der Waals surface area (Å²) >= 11 is 1.47. The number of fused-ring (bicyclic) bond motifs is 4. The molecule has 0 radical (unpaired) electrons. The van der Waals surface area contributed by atoms with Gasteiger partial charge in [-0.25, -0.2) is 4.79 Å². The largest absolute Gasteiger partial charge is 0.347 e. The van der Waals surface area contributed by atoms with E-state index in [4.69, 9.17) is 0 Å². The maximum absolute atomic E-state index is 12.9. The van der Waals surface area contributed by atoms with E-state index in [-0.39, 0.29) is 24.0 Å². The summed E-state index contributed by atoms with van der Waals surface area (Å²) in [4.78, 5) is 28.5.